The Morgan fingerprint density at radius 1 is 1.22 bits per heavy atom. The van der Waals surface area contributed by atoms with Crippen molar-refractivity contribution in [2.45, 2.75) is 26.9 Å². The third-order valence-electron chi connectivity index (χ3n) is 3.95. The van der Waals surface area contributed by atoms with Gasteiger partial charge in [0.2, 0.25) is 5.89 Å². The van der Waals surface area contributed by atoms with E-state index in [2.05, 4.69) is 25.3 Å². The van der Waals surface area contributed by atoms with Gasteiger partial charge in [-0.3, -0.25) is 0 Å². The van der Waals surface area contributed by atoms with Crippen LogP contribution in [-0.2, 0) is 4.74 Å². The minimum atomic E-state index is -0.746. The van der Waals surface area contributed by atoms with Crippen molar-refractivity contribution in [3.63, 3.8) is 0 Å². The molecular weight excluding hydrogens is 348 g/mol. The van der Waals surface area contributed by atoms with Gasteiger partial charge in [-0.1, -0.05) is 17.7 Å². The van der Waals surface area contributed by atoms with Gasteiger partial charge in [0.1, 0.15) is 0 Å². The van der Waals surface area contributed by atoms with Gasteiger partial charge in [0, 0.05) is 17.5 Å². The average Bonchev–Trinajstić information content (AvgIpc) is 3.30. The van der Waals surface area contributed by atoms with Gasteiger partial charge in [-0.05, 0) is 39.0 Å². The maximum Gasteiger partial charge on any atom is 0.379 e. The lowest BCUT2D eigenvalue weighted by molar-refractivity contribution is 0.0266. The second kappa shape index (κ2) is 6.60. The highest BCUT2D eigenvalue weighted by Gasteiger charge is 2.23. The van der Waals surface area contributed by atoms with Crippen molar-refractivity contribution in [2.24, 2.45) is 0 Å². The molecule has 0 saturated carbocycles. The normalized spacial score (nSPS) is 12.3. The SMILES string of the molecule is Cc1cccc(-c2nnc(C(C)OC(=O)c3nc4nccc(C)n4n3)o2)c1. The summed E-state index contributed by atoms with van der Waals surface area (Å²) >= 11 is 0. The van der Waals surface area contributed by atoms with E-state index in [1.165, 1.54) is 4.52 Å². The molecule has 0 fully saturated rings. The summed E-state index contributed by atoms with van der Waals surface area (Å²) in [6.07, 6.45) is 0.853. The number of aromatic nitrogens is 6. The fourth-order valence-corrected chi connectivity index (χ4v) is 2.55. The Labute approximate surface area is 154 Å². The van der Waals surface area contributed by atoms with Gasteiger partial charge < -0.3 is 9.15 Å². The van der Waals surface area contributed by atoms with E-state index in [0.717, 1.165) is 16.8 Å². The molecule has 27 heavy (non-hydrogen) atoms. The van der Waals surface area contributed by atoms with E-state index in [4.69, 9.17) is 9.15 Å². The highest BCUT2D eigenvalue weighted by molar-refractivity contribution is 5.85. The van der Waals surface area contributed by atoms with Gasteiger partial charge in [0.25, 0.3) is 17.5 Å². The molecule has 0 aliphatic carbocycles. The number of carbonyl (C=O) groups excluding carboxylic acids is 1. The average molecular weight is 364 g/mol. The number of hydrogen-bond donors (Lipinski definition) is 0. The first-order valence-electron chi connectivity index (χ1n) is 8.31. The van der Waals surface area contributed by atoms with Crippen LogP contribution in [0.4, 0.5) is 0 Å². The van der Waals surface area contributed by atoms with Crippen molar-refractivity contribution in [2.75, 3.05) is 0 Å². The minimum Gasteiger partial charge on any atom is -0.447 e. The van der Waals surface area contributed by atoms with E-state index >= 15 is 0 Å². The lowest BCUT2D eigenvalue weighted by Gasteiger charge is -2.06. The van der Waals surface area contributed by atoms with Crippen molar-refractivity contribution in [1.29, 1.82) is 0 Å². The number of fused-ring (bicyclic) bond motifs is 1. The van der Waals surface area contributed by atoms with Crippen molar-refractivity contribution < 1.29 is 13.9 Å². The van der Waals surface area contributed by atoms with Crippen molar-refractivity contribution in [3.05, 3.63) is 59.5 Å². The number of carbonyl (C=O) groups is 1. The molecule has 0 spiro atoms. The van der Waals surface area contributed by atoms with Crippen LogP contribution in [0.3, 0.4) is 0 Å². The number of ether oxygens (including phenoxy) is 1. The van der Waals surface area contributed by atoms with Crippen LogP contribution in [0.25, 0.3) is 17.2 Å². The first kappa shape index (κ1) is 16.8. The molecule has 9 heteroatoms. The van der Waals surface area contributed by atoms with Crippen LogP contribution >= 0.6 is 0 Å². The number of hydrogen-bond acceptors (Lipinski definition) is 8. The Kier molecular flexibility index (Phi) is 4.11. The lowest BCUT2D eigenvalue weighted by Crippen LogP contribution is -2.11. The number of aryl methyl sites for hydroxylation is 2. The minimum absolute atomic E-state index is 0.0814. The highest BCUT2D eigenvalue weighted by Crippen LogP contribution is 2.23. The van der Waals surface area contributed by atoms with Crippen LogP contribution in [0.1, 0.15) is 40.8 Å². The van der Waals surface area contributed by atoms with Crippen LogP contribution in [0.15, 0.2) is 40.9 Å². The number of nitrogens with zero attached hydrogens (tertiary/aromatic N) is 6. The third kappa shape index (κ3) is 3.26. The zero-order chi connectivity index (χ0) is 19.0. The van der Waals surface area contributed by atoms with Crippen LogP contribution in [0, 0.1) is 13.8 Å². The molecular formula is C18H16N6O3. The first-order chi connectivity index (χ1) is 13.0. The zero-order valence-electron chi connectivity index (χ0n) is 14.9. The molecule has 4 rings (SSSR count). The molecule has 4 aromatic rings. The molecule has 0 amide bonds. The summed E-state index contributed by atoms with van der Waals surface area (Å²) in [5.74, 6) is 0.110. The second-order valence-corrected chi connectivity index (χ2v) is 6.10. The molecule has 1 aromatic carbocycles. The molecule has 9 nitrogen and oxygen atoms in total. The summed E-state index contributed by atoms with van der Waals surface area (Å²) in [4.78, 5) is 20.5. The van der Waals surface area contributed by atoms with E-state index < -0.39 is 12.1 Å². The predicted molar refractivity (Wildman–Crippen MR) is 93.8 cm³/mol. The van der Waals surface area contributed by atoms with E-state index in [1.54, 1.807) is 19.2 Å². The highest BCUT2D eigenvalue weighted by atomic mass is 16.6. The number of esters is 1. The lowest BCUT2D eigenvalue weighted by atomic mass is 10.1. The van der Waals surface area contributed by atoms with Gasteiger partial charge in [0.05, 0.1) is 0 Å². The van der Waals surface area contributed by atoms with Gasteiger partial charge >= 0.3 is 5.97 Å². The topological polar surface area (TPSA) is 108 Å². The Morgan fingerprint density at radius 2 is 2.07 bits per heavy atom. The third-order valence-corrected chi connectivity index (χ3v) is 3.95. The summed E-state index contributed by atoms with van der Waals surface area (Å²) in [5, 5.41) is 12.1. The molecule has 3 heterocycles. The molecule has 0 saturated heterocycles. The fraction of sp³-hybridized carbons (Fsp3) is 0.222. The summed E-state index contributed by atoms with van der Waals surface area (Å²) in [6.45, 7) is 5.46. The van der Waals surface area contributed by atoms with Gasteiger partial charge in [-0.2, -0.15) is 4.98 Å². The maximum absolute atomic E-state index is 12.4. The Hall–Kier alpha value is -3.62. The van der Waals surface area contributed by atoms with Crippen molar-refractivity contribution in [3.8, 4) is 11.5 Å². The summed E-state index contributed by atoms with van der Waals surface area (Å²) < 4.78 is 12.5. The van der Waals surface area contributed by atoms with E-state index in [9.17, 15) is 4.79 Å². The summed E-state index contributed by atoms with van der Waals surface area (Å²) in [7, 11) is 0. The molecule has 0 aliphatic rings. The summed E-state index contributed by atoms with van der Waals surface area (Å²) in [6, 6.07) is 9.46. The van der Waals surface area contributed by atoms with E-state index in [-0.39, 0.29) is 11.7 Å². The largest absolute Gasteiger partial charge is 0.447 e. The molecule has 1 unspecified atom stereocenters. The molecule has 0 radical (unpaired) electrons. The smallest absolute Gasteiger partial charge is 0.379 e. The van der Waals surface area contributed by atoms with Crippen molar-refractivity contribution >= 4 is 11.7 Å². The van der Waals surface area contributed by atoms with Crippen LogP contribution in [0.5, 0.6) is 0 Å². The molecule has 0 N–H and O–H groups in total. The Morgan fingerprint density at radius 3 is 2.85 bits per heavy atom. The van der Waals surface area contributed by atoms with Gasteiger partial charge in [-0.25, -0.2) is 14.3 Å². The first-order valence-corrected chi connectivity index (χ1v) is 8.31. The molecule has 0 aliphatic heterocycles. The zero-order valence-corrected chi connectivity index (χ0v) is 14.9. The van der Waals surface area contributed by atoms with E-state index in [0.29, 0.717) is 11.7 Å². The monoisotopic (exact) mass is 364 g/mol. The molecule has 0 bridgehead atoms. The molecule has 136 valence electrons. The molecule has 3 aromatic heterocycles. The van der Waals surface area contributed by atoms with Crippen LogP contribution in [-0.4, -0.2) is 35.7 Å². The second-order valence-electron chi connectivity index (χ2n) is 6.10. The fourth-order valence-electron chi connectivity index (χ4n) is 2.55. The number of benzene rings is 1. The number of rotatable bonds is 4. The molecule has 1 atom stereocenters. The van der Waals surface area contributed by atoms with Crippen molar-refractivity contribution in [1.82, 2.24) is 29.8 Å². The maximum atomic E-state index is 12.4. The Balaban J connectivity index is 1.52. The van der Waals surface area contributed by atoms with Crippen LogP contribution < -0.4 is 0 Å². The van der Waals surface area contributed by atoms with E-state index in [1.807, 2.05) is 38.1 Å². The quantitative estimate of drug-likeness (QED) is 0.509. The van der Waals surface area contributed by atoms with Gasteiger partial charge in [-0.15, -0.1) is 15.3 Å². The van der Waals surface area contributed by atoms with Gasteiger partial charge in [0.15, 0.2) is 6.10 Å². The standard InChI is InChI=1S/C18H16N6O3/c1-10-5-4-6-13(9-10)16-22-21-15(27-16)12(3)26-17(25)14-20-18-19-8-7-11(2)24(18)23-14/h4-9,12H,1-3H3. The Bertz CT molecular complexity index is 1130. The van der Waals surface area contributed by atoms with Crippen LogP contribution in [0.2, 0.25) is 0 Å². The predicted octanol–water partition coefficient (Wildman–Crippen LogP) is 2.71. The summed E-state index contributed by atoms with van der Waals surface area (Å²) in [5.41, 5.74) is 2.68.